The Kier molecular flexibility index (Phi) is 3.90. The maximum Gasteiger partial charge on any atom is 0.324 e. The standard InChI is InChI=1S/C10H18N2O5S/c1-17-10(14)9-6-8(13)7-12(9)18(15,16)11-4-2-3-5-11/h8-9,13H,2-7H2,1H3. The van der Waals surface area contributed by atoms with Crippen LogP contribution in [0.25, 0.3) is 0 Å². The third-order valence-corrected chi connectivity index (χ3v) is 5.41. The van der Waals surface area contributed by atoms with Crippen LogP contribution in [0.15, 0.2) is 0 Å². The Hall–Kier alpha value is -0.700. The molecule has 2 heterocycles. The van der Waals surface area contributed by atoms with Gasteiger partial charge >= 0.3 is 5.97 Å². The maximum atomic E-state index is 12.3. The van der Waals surface area contributed by atoms with Crippen LogP contribution in [-0.4, -0.2) is 67.0 Å². The van der Waals surface area contributed by atoms with E-state index in [0.717, 1.165) is 17.1 Å². The van der Waals surface area contributed by atoms with Gasteiger partial charge in [0.15, 0.2) is 0 Å². The van der Waals surface area contributed by atoms with E-state index in [1.807, 2.05) is 0 Å². The molecule has 2 saturated heterocycles. The zero-order chi connectivity index (χ0) is 13.3. The Bertz CT molecular complexity index is 418. The highest BCUT2D eigenvalue weighted by Crippen LogP contribution is 2.26. The summed E-state index contributed by atoms with van der Waals surface area (Å²) in [5.41, 5.74) is 0. The number of aliphatic hydroxyl groups excluding tert-OH is 1. The van der Waals surface area contributed by atoms with Gasteiger partial charge in [0.2, 0.25) is 0 Å². The number of carbonyl (C=O) groups excluding carboxylic acids is 1. The minimum Gasteiger partial charge on any atom is -0.468 e. The maximum absolute atomic E-state index is 12.3. The van der Waals surface area contributed by atoms with Crippen molar-refractivity contribution in [3.8, 4) is 0 Å². The van der Waals surface area contributed by atoms with E-state index in [1.165, 1.54) is 11.4 Å². The number of methoxy groups -OCH3 is 1. The van der Waals surface area contributed by atoms with Gasteiger partial charge in [-0.25, -0.2) is 0 Å². The second-order valence-electron chi connectivity index (χ2n) is 4.61. The lowest BCUT2D eigenvalue weighted by atomic mass is 10.2. The molecule has 0 aromatic rings. The quantitative estimate of drug-likeness (QED) is 0.665. The number of β-amino-alcohol motifs (C(OH)–C–C–N with tert-alkyl or cyclic N) is 1. The average Bonchev–Trinajstić information content (AvgIpc) is 2.96. The first-order chi connectivity index (χ1) is 8.46. The van der Waals surface area contributed by atoms with Crippen LogP contribution in [0, 0.1) is 0 Å². The summed E-state index contributed by atoms with van der Waals surface area (Å²) in [4.78, 5) is 11.6. The molecule has 0 aliphatic carbocycles. The minimum atomic E-state index is -3.67. The molecule has 2 unspecified atom stereocenters. The molecule has 104 valence electrons. The van der Waals surface area contributed by atoms with Gasteiger partial charge in [0.25, 0.3) is 10.2 Å². The highest BCUT2D eigenvalue weighted by atomic mass is 32.2. The molecule has 0 aromatic heterocycles. The van der Waals surface area contributed by atoms with Crippen molar-refractivity contribution in [2.45, 2.75) is 31.4 Å². The molecule has 2 aliphatic heterocycles. The number of carbonyl (C=O) groups is 1. The average molecular weight is 278 g/mol. The lowest BCUT2D eigenvalue weighted by Gasteiger charge is -2.26. The fourth-order valence-electron chi connectivity index (χ4n) is 2.46. The van der Waals surface area contributed by atoms with Gasteiger partial charge < -0.3 is 9.84 Å². The van der Waals surface area contributed by atoms with Crippen LogP contribution in [-0.2, 0) is 19.7 Å². The molecule has 7 nitrogen and oxygen atoms in total. The summed E-state index contributed by atoms with van der Waals surface area (Å²) in [6.07, 6.45) is 0.947. The summed E-state index contributed by atoms with van der Waals surface area (Å²) >= 11 is 0. The van der Waals surface area contributed by atoms with Gasteiger partial charge in [-0.15, -0.1) is 0 Å². The molecule has 0 amide bonds. The molecule has 0 bridgehead atoms. The van der Waals surface area contributed by atoms with E-state index in [0.29, 0.717) is 13.1 Å². The minimum absolute atomic E-state index is 0.0431. The monoisotopic (exact) mass is 278 g/mol. The van der Waals surface area contributed by atoms with Crippen molar-refractivity contribution in [3.05, 3.63) is 0 Å². The van der Waals surface area contributed by atoms with Gasteiger partial charge in [-0.3, -0.25) is 4.79 Å². The van der Waals surface area contributed by atoms with Gasteiger partial charge in [-0.05, 0) is 12.8 Å². The SMILES string of the molecule is COC(=O)C1CC(O)CN1S(=O)(=O)N1CCCC1. The number of nitrogens with zero attached hydrogens (tertiary/aromatic N) is 2. The van der Waals surface area contributed by atoms with Gasteiger partial charge in [-0.2, -0.15) is 17.0 Å². The number of hydrogen-bond donors (Lipinski definition) is 1. The Morgan fingerprint density at radius 1 is 1.33 bits per heavy atom. The highest BCUT2D eigenvalue weighted by molar-refractivity contribution is 7.86. The van der Waals surface area contributed by atoms with Crippen LogP contribution in [0.5, 0.6) is 0 Å². The Balaban J connectivity index is 2.21. The highest BCUT2D eigenvalue weighted by Gasteiger charge is 2.46. The van der Waals surface area contributed by atoms with Crippen LogP contribution in [0.1, 0.15) is 19.3 Å². The van der Waals surface area contributed by atoms with Crippen LogP contribution in [0.2, 0.25) is 0 Å². The fraction of sp³-hybridized carbons (Fsp3) is 0.900. The zero-order valence-electron chi connectivity index (χ0n) is 10.3. The second-order valence-corrected chi connectivity index (χ2v) is 6.49. The van der Waals surface area contributed by atoms with Crippen LogP contribution in [0.4, 0.5) is 0 Å². The zero-order valence-corrected chi connectivity index (χ0v) is 11.1. The Morgan fingerprint density at radius 3 is 2.50 bits per heavy atom. The van der Waals surface area contributed by atoms with Crippen molar-refractivity contribution in [1.82, 2.24) is 8.61 Å². The van der Waals surface area contributed by atoms with Crippen molar-refractivity contribution < 1.29 is 23.1 Å². The van der Waals surface area contributed by atoms with Gasteiger partial charge in [0.1, 0.15) is 6.04 Å². The van der Waals surface area contributed by atoms with E-state index in [4.69, 9.17) is 0 Å². The Labute approximate surface area is 106 Å². The summed E-state index contributed by atoms with van der Waals surface area (Å²) in [5.74, 6) is -0.616. The molecule has 0 radical (unpaired) electrons. The number of aliphatic hydroxyl groups is 1. The number of hydrogen-bond acceptors (Lipinski definition) is 5. The predicted octanol–water partition coefficient (Wildman–Crippen LogP) is -1.06. The van der Waals surface area contributed by atoms with Gasteiger partial charge in [0.05, 0.1) is 13.2 Å². The lowest BCUT2D eigenvalue weighted by Crippen LogP contribution is -2.48. The predicted molar refractivity (Wildman–Crippen MR) is 62.9 cm³/mol. The van der Waals surface area contributed by atoms with Crippen LogP contribution >= 0.6 is 0 Å². The molecule has 8 heteroatoms. The van der Waals surface area contributed by atoms with Crippen LogP contribution in [0.3, 0.4) is 0 Å². The van der Waals surface area contributed by atoms with Crippen LogP contribution < -0.4 is 0 Å². The third kappa shape index (κ3) is 2.37. The summed E-state index contributed by atoms with van der Waals surface area (Å²) in [6.45, 7) is 0.907. The molecule has 2 fully saturated rings. The molecule has 0 aromatic carbocycles. The molecular formula is C10H18N2O5S. The van der Waals surface area contributed by atoms with E-state index in [9.17, 15) is 18.3 Å². The molecule has 2 atom stereocenters. The second kappa shape index (κ2) is 5.12. The van der Waals surface area contributed by atoms with E-state index < -0.39 is 28.3 Å². The molecule has 0 spiro atoms. The van der Waals surface area contributed by atoms with Gasteiger partial charge in [0, 0.05) is 26.1 Å². The topological polar surface area (TPSA) is 87.1 Å². The van der Waals surface area contributed by atoms with E-state index in [-0.39, 0.29) is 13.0 Å². The first-order valence-electron chi connectivity index (χ1n) is 5.99. The van der Waals surface area contributed by atoms with Crippen molar-refractivity contribution in [2.75, 3.05) is 26.7 Å². The smallest absolute Gasteiger partial charge is 0.324 e. The number of rotatable bonds is 3. The summed E-state index contributed by atoms with van der Waals surface area (Å²) in [5, 5.41) is 9.59. The normalized spacial score (nSPS) is 30.8. The molecule has 18 heavy (non-hydrogen) atoms. The number of ether oxygens (including phenoxy) is 1. The molecule has 2 aliphatic rings. The van der Waals surface area contributed by atoms with Crippen molar-refractivity contribution >= 4 is 16.2 Å². The summed E-state index contributed by atoms with van der Waals surface area (Å²) in [7, 11) is -2.45. The summed E-state index contributed by atoms with van der Waals surface area (Å²) in [6, 6.07) is -0.907. The van der Waals surface area contributed by atoms with Gasteiger partial charge in [-0.1, -0.05) is 0 Å². The first kappa shape index (κ1) is 13.7. The molecular weight excluding hydrogens is 260 g/mol. The molecule has 2 rings (SSSR count). The van der Waals surface area contributed by atoms with E-state index in [1.54, 1.807) is 0 Å². The lowest BCUT2D eigenvalue weighted by molar-refractivity contribution is -0.144. The summed E-state index contributed by atoms with van der Waals surface area (Å²) < 4.78 is 31.7. The van der Waals surface area contributed by atoms with E-state index in [2.05, 4.69) is 4.74 Å². The molecule has 0 saturated carbocycles. The first-order valence-corrected chi connectivity index (χ1v) is 7.39. The van der Waals surface area contributed by atoms with Crippen molar-refractivity contribution in [1.29, 1.82) is 0 Å². The largest absolute Gasteiger partial charge is 0.468 e. The number of esters is 1. The van der Waals surface area contributed by atoms with Crippen molar-refractivity contribution in [2.24, 2.45) is 0 Å². The van der Waals surface area contributed by atoms with E-state index >= 15 is 0 Å². The fourth-order valence-corrected chi connectivity index (χ4v) is 4.33. The molecule has 1 N–H and O–H groups in total. The van der Waals surface area contributed by atoms with Crippen molar-refractivity contribution in [3.63, 3.8) is 0 Å². The third-order valence-electron chi connectivity index (χ3n) is 3.39. The Morgan fingerprint density at radius 2 is 1.94 bits per heavy atom.